The van der Waals surface area contributed by atoms with Gasteiger partial charge in [-0.25, -0.2) is 9.59 Å². The number of hydrogen-bond acceptors (Lipinski definition) is 4. The lowest BCUT2D eigenvalue weighted by Crippen LogP contribution is -2.38. The number of aliphatic carboxylic acids is 1. The van der Waals surface area contributed by atoms with Gasteiger partial charge < -0.3 is 24.8 Å². The molecule has 2 aromatic carbocycles. The number of carboxylic acid groups (broad SMARTS) is 1. The van der Waals surface area contributed by atoms with Crippen LogP contribution in [0.25, 0.3) is 0 Å². The molecule has 7 nitrogen and oxygen atoms in total. The van der Waals surface area contributed by atoms with Crippen LogP contribution < -0.4 is 10.1 Å². The summed E-state index contributed by atoms with van der Waals surface area (Å²) in [4.78, 5) is 25.7. The quantitative estimate of drug-likeness (QED) is 0.258. The number of urea groups is 1. The van der Waals surface area contributed by atoms with E-state index in [4.69, 9.17) is 9.47 Å². The molecular weight excluding hydrogens is 489 g/mol. The minimum absolute atomic E-state index is 0.0800. The Labute approximate surface area is 215 Å². The highest BCUT2D eigenvalue weighted by Gasteiger charge is 2.25. The molecule has 0 spiro atoms. The highest BCUT2D eigenvalue weighted by Crippen LogP contribution is 2.23. The van der Waals surface area contributed by atoms with Gasteiger partial charge in [-0.1, -0.05) is 43.2 Å². The molecule has 0 aliphatic carbocycles. The Bertz CT molecular complexity index is 939. The zero-order chi connectivity index (χ0) is 27.1. The molecule has 0 saturated carbocycles. The Hall–Kier alpha value is -3.27. The van der Waals surface area contributed by atoms with Crippen molar-refractivity contribution in [2.75, 3.05) is 31.6 Å². The van der Waals surface area contributed by atoms with Gasteiger partial charge in [-0.15, -0.1) is 0 Å². The molecule has 0 aliphatic rings. The number of carbonyl (C=O) groups excluding carboxylic acids is 1. The average Bonchev–Trinajstić information content (AvgIpc) is 2.85. The van der Waals surface area contributed by atoms with Crippen LogP contribution in [0.4, 0.5) is 23.7 Å². The van der Waals surface area contributed by atoms with E-state index < -0.39 is 24.7 Å². The number of halogens is 3. The maximum atomic E-state index is 12.8. The molecule has 0 saturated heterocycles. The van der Waals surface area contributed by atoms with Gasteiger partial charge in [0, 0.05) is 31.7 Å². The minimum atomic E-state index is -4.14. The first-order chi connectivity index (χ1) is 17.7. The van der Waals surface area contributed by atoms with E-state index in [0.717, 1.165) is 5.56 Å². The number of ether oxygens (including phenoxy) is 2. The SMILES string of the molecule is CCOC(Cc1ccc(OCCN(CCCCCCC(F)(F)F)C(=O)Nc2ccccc2)cc1)C(=O)O. The summed E-state index contributed by atoms with van der Waals surface area (Å²) in [5, 5.41) is 12.1. The first kappa shape index (κ1) is 30.0. The molecule has 0 aliphatic heterocycles. The van der Waals surface area contributed by atoms with Crippen LogP contribution in [-0.4, -0.2) is 60.6 Å². The van der Waals surface area contributed by atoms with Crippen molar-refractivity contribution in [1.29, 1.82) is 0 Å². The van der Waals surface area contributed by atoms with Crippen LogP contribution in [0.1, 0.15) is 44.6 Å². The second-order valence-corrected chi connectivity index (χ2v) is 8.54. The van der Waals surface area contributed by atoms with Crippen molar-refractivity contribution in [3.05, 3.63) is 60.2 Å². The van der Waals surface area contributed by atoms with Crippen LogP contribution in [0.3, 0.4) is 0 Å². The molecule has 204 valence electrons. The minimum Gasteiger partial charge on any atom is -0.492 e. The Morgan fingerprint density at radius 2 is 1.65 bits per heavy atom. The first-order valence-electron chi connectivity index (χ1n) is 12.4. The Morgan fingerprint density at radius 3 is 2.27 bits per heavy atom. The molecule has 1 unspecified atom stereocenters. The fraction of sp³-hybridized carbons (Fsp3) is 0.481. The summed E-state index contributed by atoms with van der Waals surface area (Å²) in [5.41, 5.74) is 1.44. The van der Waals surface area contributed by atoms with Crippen molar-refractivity contribution in [1.82, 2.24) is 4.90 Å². The Balaban J connectivity index is 1.86. The lowest BCUT2D eigenvalue weighted by Gasteiger charge is -2.23. The van der Waals surface area contributed by atoms with Crippen molar-refractivity contribution in [2.45, 2.75) is 57.7 Å². The number of rotatable bonds is 16. The Morgan fingerprint density at radius 1 is 0.973 bits per heavy atom. The molecule has 37 heavy (non-hydrogen) atoms. The van der Waals surface area contributed by atoms with E-state index in [1.165, 1.54) is 0 Å². The monoisotopic (exact) mass is 524 g/mol. The molecule has 0 heterocycles. The van der Waals surface area contributed by atoms with Gasteiger partial charge >= 0.3 is 18.2 Å². The number of unbranched alkanes of at least 4 members (excludes halogenated alkanes) is 3. The van der Waals surface area contributed by atoms with Crippen LogP contribution in [0.5, 0.6) is 5.75 Å². The van der Waals surface area contributed by atoms with Crippen molar-refractivity contribution >= 4 is 17.7 Å². The summed E-state index contributed by atoms with van der Waals surface area (Å²) in [5.74, 6) is -0.445. The van der Waals surface area contributed by atoms with E-state index in [1.807, 2.05) is 6.07 Å². The molecule has 0 aromatic heterocycles. The summed E-state index contributed by atoms with van der Waals surface area (Å²) in [6.45, 7) is 2.94. The number of amides is 2. The van der Waals surface area contributed by atoms with E-state index in [-0.39, 0.29) is 32.0 Å². The first-order valence-corrected chi connectivity index (χ1v) is 12.4. The van der Waals surface area contributed by atoms with Crippen LogP contribution in [0.15, 0.2) is 54.6 Å². The van der Waals surface area contributed by atoms with Crippen LogP contribution in [0, 0.1) is 0 Å². The fourth-order valence-corrected chi connectivity index (χ4v) is 3.65. The lowest BCUT2D eigenvalue weighted by molar-refractivity contribution is -0.150. The Kier molecular flexibility index (Phi) is 12.8. The highest BCUT2D eigenvalue weighted by molar-refractivity contribution is 5.89. The number of nitrogens with zero attached hydrogens (tertiary/aromatic N) is 1. The number of para-hydroxylation sites is 1. The van der Waals surface area contributed by atoms with Crippen molar-refractivity contribution in [3.8, 4) is 5.75 Å². The number of anilines is 1. The van der Waals surface area contributed by atoms with E-state index in [9.17, 15) is 27.9 Å². The molecule has 1 atom stereocenters. The number of hydrogen-bond donors (Lipinski definition) is 2. The van der Waals surface area contributed by atoms with Crippen LogP contribution in [0.2, 0.25) is 0 Å². The summed E-state index contributed by atoms with van der Waals surface area (Å²) in [6.07, 6.45) is -3.91. The molecule has 2 aromatic rings. The number of benzene rings is 2. The van der Waals surface area contributed by atoms with E-state index in [2.05, 4.69) is 5.32 Å². The predicted octanol–water partition coefficient (Wildman–Crippen LogP) is 6.14. The van der Waals surface area contributed by atoms with Gasteiger partial charge in [0.05, 0.1) is 6.54 Å². The van der Waals surface area contributed by atoms with Crippen molar-refractivity contribution in [2.24, 2.45) is 0 Å². The van der Waals surface area contributed by atoms with Crippen LogP contribution in [-0.2, 0) is 16.0 Å². The van der Waals surface area contributed by atoms with E-state index in [0.29, 0.717) is 43.9 Å². The fourth-order valence-electron chi connectivity index (χ4n) is 3.65. The maximum Gasteiger partial charge on any atom is 0.389 e. The summed E-state index contributed by atoms with van der Waals surface area (Å²) < 4.78 is 48.0. The molecule has 2 amide bonds. The smallest absolute Gasteiger partial charge is 0.389 e. The van der Waals surface area contributed by atoms with Gasteiger partial charge in [0.2, 0.25) is 0 Å². The van der Waals surface area contributed by atoms with Gasteiger partial charge in [0.25, 0.3) is 0 Å². The molecular formula is C27H35F3N2O5. The van der Waals surface area contributed by atoms with Gasteiger partial charge in [0.15, 0.2) is 6.10 Å². The topological polar surface area (TPSA) is 88.1 Å². The second kappa shape index (κ2) is 15.8. The summed E-state index contributed by atoms with van der Waals surface area (Å²) in [6, 6.07) is 15.7. The zero-order valence-electron chi connectivity index (χ0n) is 21.0. The van der Waals surface area contributed by atoms with Gasteiger partial charge in [-0.3, -0.25) is 0 Å². The molecule has 2 rings (SSSR count). The van der Waals surface area contributed by atoms with Crippen molar-refractivity contribution < 1.29 is 37.3 Å². The highest BCUT2D eigenvalue weighted by atomic mass is 19.4. The number of carbonyl (C=O) groups is 2. The second-order valence-electron chi connectivity index (χ2n) is 8.54. The lowest BCUT2D eigenvalue weighted by atomic mass is 10.1. The third-order valence-electron chi connectivity index (χ3n) is 5.57. The molecule has 0 fully saturated rings. The third-order valence-corrected chi connectivity index (χ3v) is 5.57. The predicted molar refractivity (Wildman–Crippen MR) is 135 cm³/mol. The summed E-state index contributed by atoms with van der Waals surface area (Å²) >= 11 is 0. The third kappa shape index (κ3) is 12.5. The number of carboxylic acids is 1. The maximum absolute atomic E-state index is 12.8. The molecule has 0 radical (unpaired) electrons. The van der Waals surface area contributed by atoms with Gasteiger partial charge in [-0.05, 0) is 49.6 Å². The number of nitrogens with one attached hydrogen (secondary N) is 1. The zero-order valence-corrected chi connectivity index (χ0v) is 21.0. The van der Waals surface area contributed by atoms with Gasteiger partial charge in [-0.2, -0.15) is 13.2 Å². The average molecular weight is 525 g/mol. The normalized spacial score (nSPS) is 12.1. The van der Waals surface area contributed by atoms with E-state index >= 15 is 0 Å². The molecule has 10 heteroatoms. The molecule has 2 N–H and O–H groups in total. The molecule has 0 bridgehead atoms. The van der Waals surface area contributed by atoms with Crippen molar-refractivity contribution in [3.63, 3.8) is 0 Å². The standard InChI is InChI=1S/C27H35F3N2O5/c1-2-36-24(25(33)34)20-21-12-14-23(15-13-21)37-19-18-32(17-9-4-3-8-16-27(28,29)30)26(35)31-22-10-6-5-7-11-22/h5-7,10-15,24H,2-4,8-9,16-20H2,1H3,(H,31,35)(H,33,34). The van der Waals surface area contributed by atoms with Gasteiger partial charge in [0.1, 0.15) is 12.4 Å². The van der Waals surface area contributed by atoms with Crippen LogP contribution >= 0.6 is 0 Å². The largest absolute Gasteiger partial charge is 0.492 e. The van der Waals surface area contributed by atoms with E-state index in [1.54, 1.807) is 60.4 Å². The number of alkyl halides is 3. The summed E-state index contributed by atoms with van der Waals surface area (Å²) in [7, 11) is 0.